The molecular formula is C40H41F2N3O6. The Labute approximate surface area is 295 Å². The Morgan fingerprint density at radius 2 is 1.31 bits per heavy atom. The molecule has 0 spiro atoms. The number of carbonyl (C=O) groups excluding carboxylic acids is 3. The summed E-state index contributed by atoms with van der Waals surface area (Å²) in [4.78, 5) is 54.2. The number of halogens is 2. The topological polar surface area (TPSA) is 125 Å². The van der Waals surface area contributed by atoms with E-state index in [4.69, 9.17) is 4.74 Å². The number of nitrogens with zero attached hydrogens (tertiary/aromatic N) is 1. The van der Waals surface area contributed by atoms with Crippen molar-refractivity contribution in [2.45, 2.75) is 69.8 Å². The van der Waals surface area contributed by atoms with E-state index in [1.165, 1.54) is 0 Å². The first-order valence-electron chi connectivity index (χ1n) is 17.0. The zero-order chi connectivity index (χ0) is 36.2. The first-order valence-corrected chi connectivity index (χ1v) is 17.0. The average Bonchev–Trinajstić information content (AvgIpc) is 3.68. The highest BCUT2D eigenvalue weighted by molar-refractivity contribution is 6.10. The quantitative estimate of drug-likeness (QED) is 0.114. The number of nitrogens with one attached hydrogen (secondary N) is 2. The zero-order valence-electron chi connectivity index (χ0n) is 28.1. The van der Waals surface area contributed by atoms with Gasteiger partial charge in [0.25, 0.3) is 5.91 Å². The summed E-state index contributed by atoms with van der Waals surface area (Å²) in [6.07, 6.45) is 0.913. The second-order valence-corrected chi connectivity index (χ2v) is 12.7. The van der Waals surface area contributed by atoms with E-state index in [1.54, 1.807) is 84.9 Å². The summed E-state index contributed by atoms with van der Waals surface area (Å²) in [7, 11) is 0. The molecule has 9 nitrogen and oxygen atoms in total. The fourth-order valence-electron chi connectivity index (χ4n) is 6.33. The van der Waals surface area contributed by atoms with Crippen molar-refractivity contribution < 1.29 is 37.8 Å². The molecule has 0 heterocycles. The number of carboxylic acid groups (broad SMARTS) is 1. The molecule has 1 aliphatic carbocycles. The van der Waals surface area contributed by atoms with Gasteiger partial charge in [0.2, 0.25) is 11.7 Å². The molecule has 0 bridgehead atoms. The van der Waals surface area contributed by atoms with Gasteiger partial charge >= 0.3 is 12.0 Å². The molecule has 3 amide bonds. The van der Waals surface area contributed by atoms with Gasteiger partial charge in [0, 0.05) is 19.5 Å². The maximum atomic E-state index is 15.7. The lowest BCUT2D eigenvalue weighted by atomic mass is 9.93. The Hall–Kier alpha value is -5.58. The minimum Gasteiger partial charge on any atom is -0.489 e. The van der Waals surface area contributed by atoms with E-state index in [1.807, 2.05) is 30.3 Å². The molecule has 0 unspecified atom stereocenters. The molecule has 3 N–H and O–H groups in total. The van der Waals surface area contributed by atoms with E-state index in [2.05, 4.69) is 10.6 Å². The number of rotatable bonds is 16. The molecule has 0 aliphatic heterocycles. The van der Waals surface area contributed by atoms with E-state index in [9.17, 15) is 24.3 Å². The van der Waals surface area contributed by atoms with Crippen LogP contribution in [0.15, 0.2) is 115 Å². The van der Waals surface area contributed by atoms with Gasteiger partial charge in [-0.3, -0.25) is 19.3 Å². The number of carbonyl (C=O) groups is 4. The Bertz CT molecular complexity index is 1750. The monoisotopic (exact) mass is 697 g/mol. The maximum Gasteiger partial charge on any atom is 0.408 e. The van der Waals surface area contributed by atoms with E-state index < -0.39 is 47.6 Å². The molecule has 4 aromatic rings. The van der Waals surface area contributed by atoms with Crippen molar-refractivity contribution in [2.24, 2.45) is 5.92 Å². The number of alkyl halides is 2. The molecule has 5 rings (SSSR count). The first kappa shape index (κ1) is 36.7. The Balaban J connectivity index is 1.39. The van der Waals surface area contributed by atoms with Gasteiger partial charge in [-0.1, -0.05) is 116 Å². The van der Waals surface area contributed by atoms with Crippen LogP contribution in [0.1, 0.15) is 47.9 Å². The van der Waals surface area contributed by atoms with E-state index in [-0.39, 0.29) is 19.5 Å². The summed E-state index contributed by atoms with van der Waals surface area (Å²) in [5, 5.41) is 14.9. The lowest BCUT2D eigenvalue weighted by Crippen LogP contribution is -2.59. The van der Waals surface area contributed by atoms with E-state index >= 15 is 8.78 Å². The Morgan fingerprint density at radius 3 is 1.88 bits per heavy atom. The van der Waals surface area contributed by atoms with Crippen molar-refractivity contribution in [1.82, 2.24) is 15.5 Å². The lowest BCUT2D eigenvalue weighted by molar-refractivity contribution is -0.160. The normalized spacial score (nSPS) is 14.2. The van der Waals surface area contributed by atoms with Crippen molar-refractivity contribution in [3.8, 4) is 5.75 Å². The molecule has 1 fully saturated rings. The molecule has 0 aromatic heterocycles. The predicted octanol–water partition coefficient (Wildman–Crippen LogP) is 6.55. The molecule has 0 radical (unpaired) electrons. The Kier molecular flexibility index (Phi) is 12.5. The van der Waals surface area contributed by atoms with Crippen molar-refractivity contribution in [2.75, 3.05) is 0 Å². The number of amides is 3. The van der Waals surface area contributed by atoms with Gasteiger partial charge in [0.15, 0.2) is 0 Å². The SMILES string of the molecule is O=C(N[C@@H](Cc1ccc(OCc2ccccc2)cc1)C(=O)C(F)(F)C(=O)NCc1ccccc1)[C@H](C1CCCC1)N(Cc1ccccc1)C(=O)O. The number of hydrogen-bond donors (Lipinski definition) is 3. The first-order chi connectivity index (χ1) is 24.6. The molecular weight excluding hydrogens is 656 g/mol. The van der Waals surface area contributed by atoms with Crippen molar-refractivity contribution >= 4 is 23.7 Å². The largest absolute Gasteiger partial charge is 0.489 e. The standard InChI is InChI=1S/C40H41F2N3O6/c41-40(42,38(48)43-25-29-12-4-1-5-13-29)36(46)34(24-28-20-22-33(23-21-28)51-27-31-16-8-3-9-17-31)44-37(47)35(32-18-10-11-19-32)45(39(49)50)26-30-14-6-2-7-15-30/h1-9,12-17,20-23,32,34-35H,10-11,18-19,24-27H2,(H,43,48)(H,44,47)(H,49,50)/t34-,35-/m0/s1. The second-order valence-electron chi connectivity index (χ2n) is 12.7. The minimum absolute atomic E-state index is 0.119. The van der Waals surface area contributed by atoms with E-state index in [0.717, 1.165) is 23.3 Å². The highest BCUT2D eigenvalue weighted by Crippen LogP contribution is 2.32. The van der Waals surface area contributed by atoms with Crippen LogP contribution in [0.3, 0.4) is 0 Å². The summed E-state index contributed by atoms with van der Waals surface area (Å²) in [6.45, 7) is -0.0556. The number of benzene rings is 4. The predicted molar refractivity (Wildman–Crippen MR) is 187 cm³/mol. The lowest BCUT2D eigenvalue weighted by Gasteiger charge is -2.34. The smallest absolute Gasteiger partial charge is 0.408 e. The van der Waals surface area contributed by atoms with Crippen LogP contribution in [0.25, 0.3) is 0 Å². The molecule has 4 aromatic carbocycles. The minimum atomic E-state index is -4.51. The molecule has 0 saturated heterocycles. The number of hydrogen-bond acceptors (Lipinski definition) is 5. The third-order valence-corrected chi connectivity index (χ3v) is 9.03. The molecule has 266 valence electrons. The van der Waals surface area contributed by atoms with Gasteiger partial charge in [0.05, 0.1) is 6.04 Å². The number of ether oxygens (including phenoxy) is 1. The van der Waals surface area contributed by atoms with Gasteiger partial charge in [-0.25, -0.2) is 4.79 Å². The third kappa shape index (κ3) is 10.00. The van der Waals surface area contributed by atoms with Gasteiger partial charge in [-0.15, -0.1) is 0 Å². The van der Waals surface area contributed by atoms with Crippen molar-refractivity contribution in [3.05, 3.63) is 138 Å². The van der Waals surface area contributed by atoms with Crippen LogP contribution in [0.4, 0.5) is 13.6 Å². The molecule has 2 atom stereocenters. The van der Waals surface area contributed by atoms with Crippen LogP contribution >= 0.6 is 0 Å². The van der Waals surface area contributed by atoms with Crippen LogP contribution < -0.4 is 15.4 Å². The number of Topliss-reactive ketones (excluding diaryl/α,β-unsaturated/α-hetero) is 1. The fourth-order valence-corrected chi connectivity index (χ4v) is 6.33. The van der Waals surface area contributed by atoms with Crippen LogP contribution in [-0.2, 0) is 40.5 Å². The van der Waals surface area contributed by atoms with Gasteiger partial charge in [-0.05, 0) is 53.1 Å². The average molecular weight is 698 g/mol. The summed E-state index contributed by atoms with van der Waals surface area (Å²) < 4.78 is 37.2. The van der Waals surface area contributed by atoms with Crippen molar-refractivity contribution in [3.63, 3.8) is 0 Å². The summed E-state index contributed by atoms with van der Waals surface area (Å²) in [5.74, 6) is -8.88. The number of ketones is 1. The summed E-state index contributed by atoms with van der Waals surface area (Å²) in [6, 6.07) is 29.9. The van der Waals surface area contributed by atoms with Gasteiger partial charge in [-0.2, -0.15) is 8.78 Å². The fraction of sp³-hybridized carbons (Fsp3) is 0.300. The summed E-state index contributed by atoms with van der Waals surface area (Å²) >= 11 is 0. The van der Waals surface area contributed by atoms with Crippen molar-refractivity contribution in [1.29, 1.82) is 0 Å². The molecule has 1 aliphatic rings. The van der Waals surface area contributed by atoms with Crippen LogP contribution in [-0.4, -0.2) is 51.7 Å². The van der Waals surface area contributed by atoms with Crippen LogP contribution in [0, 0.1) is 5.92 Å². The Morgan fingerprint density at radius 1 is 0.765 bits per heavy atom. The zero-order valence-corrected chi connectivity index (χ0v) is 28.1. The second kappa shape index (κ2) is 17.4. The molecule has 1 saturated carbocycles. The van der Waals surface area contributed by atoms with Gasteiger partial charge in [0.1, 0.15) is 18.4 Å². The highest BCUT2D eigenvalue weighted by atomic mass is 19.3. The van der Waals surface area contributed by atoms with Crippen LogP contribution in [0.2, 0.25) is 0 Å². The highest BCUT2D eigenvalue weighted by Gasteiger charge is 2.51. The molecule has 51 heavy (non-hydrogen) atoms. The maximum absolute atomic E-state index is 15.7. The molecule has 11 heteroatoms. The van der Waals surface area contributed by atoms with Gasteiger partial charge < -0.3 is 20.5 Å². The van der Waals surface area contributed by atoms with E-state index in [0.29, 0.717) is 41.9 Å². The third-order valence-electron chi connectivity index (χ3n) is 9.03. The summed E-state index contributed by atoms with van der Waals surface area (Å²) in [5.41, 5.74) is 2.56. The van der Waals surface area contributed by atoms with Crippen LogP contribution in [0.5, 0.6) is 5.75 Å².